The lowest BCUT2D eigenvalue weighted by molar-refractivity contribution is -0.127. The normalized spacial score (nSPS) is 16.4. The molecule has 1 aromatic carbocycles. The minimum atomic E-state index is -0.359. The Morgan fingerprint density at radius 2 is 2.17 bits per heavy atom. The average molecular weight is 271 g/mol. The Bertz CT molecular complexity index is 373. The van der Waals surface area contributed by atoms with Crippen LogP contribution in [0.2, 0.25) is 0 Å². The molecule has 2 rings (SSSR count). The van der Waals surface area contributed by atoms with Crippen LogP contribution >= 0.6 is 12.4 Å². The Hall–Kier alpha value is -1.26. The predicted molar refractivity (Wildman–Crippen MR) is 73.4 cm³/mol. The molecule has 1 unspecified atom stereocenters. The van der Waals surface area contributed by atoms with Crippen molar-refractivity contribution < 1.29 is 9.53 Å². The fraction of sp³-hybridized carbons (Fsp3) is 0.462. The molecule has 0 spiro atoms. The second kappa shape index (κ2) is 7.24. The average Bonchev–Trinajstić information content (AvgIpc) is 2.78. The van der Waals surface area contributed by atoms with Crippen molar-refractivity contribution in [3.8, 4) is 5.75 Å². The molecule has 4 nitrogen and oxygen atoms in total. The molecule has 1 aliphatic heterocycles. The second-order valence-corrected chi connectivity index (χ2v) is 4.17. The first-order chi connectivity index (χ1) is 8.31. The van der Waals surface area contributed by atoms with E-state index >= 15 is 0 Å². The number of rotatable bonds is 5. The Morgan fingerprint density at radius 1 is 1.39 bits per heavy atom. The molecule has 0 saturated heterocycles. The molecule has 1 amide bonds. The van der Waals surface area contributed by atoms with Crippen LogP contribution in [-0.2, 0) is 11.2 Å². The topological polar surface area (TPSA) is 50.4 Å². The predicted octanol–water partition coefficient (Wildman–Crippen LogP) is 1.14. The summed E-state index contributed by atoms with van der Waals surface area (Å²) in [6, 6.07) is 7.80. The van der Waals surface area contributed by atoms with Crippen LogP contribution in [0.15, 0.2) is 24.3 Å². The number of para-hydroxylation sites is 1. The molecule has 0 bridgehead atoms. The molecular weight excluding hydrogens is 252 g/mol. The Balaban J connectivity index is 0.00000162. The lowest BCUT2D eigenvalue weighted by Crippen LogP contribution is -2.38. The van der Waals surface area contributed by atoms with Crippen LogP contribution in [-0.4, -0.2) is 32.1 Å². The van der Waals surface area contributed by atoms with E-state index in [4.69, 9.17) is 4.74 Å². The highest BCUT2D eigenvalue weighted by molar-refractivity contribution is 5.85. The third kappa shape index (κ3) is 3.62. The van der Waals surface area contributed by atoms with Gasteiger partial charge in [-0.05, 0) is 31.6 Å². The van der Waals surface area contributed by atoms with Gasteiger partial charge in [0.15, 0.2) is 6.10 Å². The van der Waals surface area contributed by atoms with Gasteiger partial charge in [-0.15, -0.1) is 12.4 Å². The summed E-state index contributed by atoms with van der Waals surface area (Å²) >= 11 is 0. The summed E-state index contributed by atoms with van der Waals surface area (Å²) < 4.78 is 5.60. The zero-order chi connectivity index (χ0) is 12.1. The van der Waals surface area contributed by atoms with Crippen LogP contribution in [0.25, 0.3) is 0 Å². The van der Waals surface area contributed by atoms with Gasteiger partial charge in [0.25, 0.3) is 5.91 Å². The number of nitrogens with one attached hydrogen (secondary N) is 2. The standard InChI is InChI=1S/C13H18N2O2.ClH/c1-14-7-4-8-15-13(16)12-9-10-5-2-3-6-11(10)17-12;/h2-3,5-6,12,14H,4,7-9H2,1H3,(H,15,16);1H. The van der Waals surface area contributed by atoms with Gasteiger partial charge in [-0.3, -0.25) is 4.79 Å². The molecule has 0 aromatic heterocycles. The quantitative estimate of drug-likeness (QED) is 0.789. The molecule has 0 fully saturated rings. The number of ether oxygens (including phenoxy) is 1. The van der Waals surface area contributed by atoms with Gasteiger partial charge in [-0.1, -0.05) is 18.2 Å². The molecule has 5 heteroatoms. The van der Waals surface area contributed by atoms with E-state index in [1.165, 1.54) is 0 Å². The fourth-order valence-electron chi connectivity index (χ4n) is 1.92. The molecule has 1 aliphatic rings. The molecule has 0 saturated carbocycles. The Kier molecular flexibility index (Phi) is 5.95. The Labute approximate surface area is 114 Å². The van der Waals surface area contributed by atoms with Crippen molar-refractivity contribution in [2.75, 3.05) is 20.1 Å². The summed E-state index contributed by atoms with van der Waals surface area (Å²) in [6.07, 6.45) is 1.25. The van der Waals surface area contributed by atoms with Crippen molar-refractivity contribution in [3.05, 3.63) is 29.8 Å². The monoisotopic (exact) mass is 270 g/mol. The van der Waals surface area contributed by atoms with Gasteiger partial charge < -0.3 is 15.4 Å². The van der Waals surface area contributed by atoms with Gasteiger partial charge >= 0.3 is 0 Å². The molecule has 0 aliphatic carbocycles. The van der Waals surface area contributed by atoms with E-state index in [0.717, 1.165) is 24.3 Å². The van der Waals surface area contributed by atoms with Gasteiger partial charge in [-0.2, -0.15) is 0 Å². The van der Waals surface area contributed by atoms with Gasteiger partial charge in [0.05, 0.1) is 0 Å². The van der Waals surface area contributed by atoms with E-state index in [1.807, 2.05) is 31.3 Å². The van der Waals surface area contributed by atoms with Crippen LogP contribution in [0.1, 0.15) is 12.0 Å². The smallest absolute Gasteiger partial charge is 0.261 e. The molecular formula is C13H19ClN2O2. The third-order valence-corrected chi connectivity index (χ3v) is 2.84. The number of carbonyl (C=O) groups excluding carboxylic acids is 1. The first-order valence-corrected chi connectivity index (χ1v) is 5.98. The highest BCUT2D eigenvalue weighted by Crippen LogP contribution is 2.27. The van der Waals surface area contributed by atoms with Crippen molar-refractivity contribution in [2.24, 2.45) is 0 Å². The fourth-order valence-corrected chi connectivity index (χ4v) is 1.92. The second-order valence-electron chi connectivity index (χ2n) is 4.17. The van der Waals surface area contributed by atoms with Crippen molar-refractivity contribution in [2.45, 2.75) is 18.9 Å². The third-order valence-electron chi connectivity index (χ3n) is 2.84. The van der Waals surface area contributed by atoms with Crippen molar-refractivity contribution in [1.29, 1.82) is 0 Å². The van der Waals surface area contributed by atoms with Crippen LogP contribution in [0.5, 0.6) is 5.75 Å². The largest absolute Gasteiger partial charge is 0.480 e. The Morgan fingerprint density at radius 3 is 2.89 bits per heavy atom. The molecule has 100 valence electrons. The number of amides is 1. The lowest BCUT2D eigenvalue weighted by atomic mass is 10.1. The van der Waals surface area contributed by atoms with E-state index in [-0.39, 0.29) is 24.4 Å². The summed E-state index contributed by atoms with van der Waals surface area (Å²) in [5, 5.41) is 5.93. The summed E-state index contributed by atoms with van der Waals surface area (Å²) in [5.41, 5.74) is 1.11. The number of carbonyl (C=O) groups is 1. The molecule has 1 heterocycles. The van der Waals surface area contributed by atoms with E-state index in [9.17, 15) is 4.79 Å². The van der Waals surface area contributed by atoms with Gasteiger partial charge in [0.1, 0.15) is 5.75 Å². The van der Waals surface area contributed by atoms with E-state index in [0.29, 0.717) is 13.0 Å². The number of halogens is 1. The number of fused-ring (bicyclic) bond motifs is 1. The van der Waals surface area contributed by atoms with Crippen LogP contribution in [0.4, 0.5) is 0 Å². The maximum atomic E-state index is 11.8. The van der Waals surface area contributed by atoms with Gasteiger partial charge in [-0.25, -0.2) is 0 Å². The van der Waals surface area contributed by atoms with Crippen molar-refractivity contribution >= 4 is 18.3 Å². The number of hydrogen-bond acceptors (Lipinski definition) is 3. The maximum Gasteiger partial charge on any atom is 0.261 e. The van der Waals surface area contributed by atoms with E-state index in [2.05, 4.69) is 10.6 Å². The van der Waals surface area contributed by atoms with Gasteiger partial charge in [0.2, 0.25) is 0 Å². The summed E-state index contributed by atoms with van der Waals surface area (Å²) in [7, 11) is 1.90. The first kappa shape index (κ1) is 14.8. The number of benzene rings is 1. The summed E-state index contributed by atoms with van der Waals surface area (Å²) in [5.74, 6) is 0.820. The maximum absolute atomic E-state index is 11.8. The summed E-state index contributed by atoms with van der Waals surface area (Å²) in [6.45, 7) is 1.60. The van der Waals surface area contributed by atoms with E-state index < -0.39 is 0 Å². The molecule has 18 heavy (non-hydrogen) atoms. The van der Waals surface area contributed by atoms with Crippen LogP contribution in [0.3, 0.4) is 0 Å². The first-order valence-electron chi connectivity index (χ1n) is 5.98. The SMILES string of the molecule is CNCCCNC(=O)C1Cc2ccccc2O1.Cl. The van der Waals surface area contributed by atoms with Gasteiger partial charge in [0, 0.05) is 13.0 Å². The molecule has 1 atom stereocenters. The minimum Gasteiger partial charge on any atom is -0.480 e. The highest BCUT2D eigenvalue weighted by atomic mass is 35.5. The lowest BCUT2D eigenvalue weighted by Gasteiger charge is -2.11. The molecule has 0 radical (unpaired) electrons. The van der Waals surface area contributed by atoms with E-state index in [1.54, 1.807) is 0 Å². The van der Waals surface area contributed by atoms with Crippen LogP contribution < -0.4 is 15.4 Å². The number of hydrogen-bond donors (Lipinski definition) is 2. The molecule has 1 aromatic rings. The minimum absolute atomic E-state index is 0. The zero-order valence-electron chi connectivity index (χ0n) is 10.4. The zero-order valence-corrected chi connectivity index (χ0v) is 11.3. The highest BCUT2D eigenvalue weighted by Gasteiger charge is 2.28. The van der Waals surface area contributed by atoms with Crippen molar-refractivity contribution in [1.82, 2.24) is 10.6 Å². The van der Waals surface area contributed by atoms with Crippen molar-refractivity contribution in [3.63, 3.8) is 0 Å². The van der Waals surface area contributed by atoms with Crippen LogP contribution in [0, 0.1) is 0 Å². The molecule has 2 N–H and O–H groups in total. The summed E-state index contributed by atoms with van der Waals surface area (Å²) in [4.78, 5) is 11.8.